The number of halogens is 1. The van der Waals surface area contributed by atoms with Crippen molar-refractivity contribution >= 4 is 29.0 Å². The third-order valence-electron chi connectivity index (χ3n) is 7.00. The van der Waals surface area contributed by atoms with Crippen LogP contribution in [0.4, 0.5) is 16.0 Å². The van der Waals surface area contributed by atoms with E-state index in [0.29, 0.717) is 41.4 Å². The largest absolute Gasteiger partial charge is 0.382 e. The van der Waals surface area contributed by atoms with Gasteiger partial charge in [-0.1, -0.05) is 25.3 Å². The maximum absolute atomic E-state index is 15.4. The van der Waals surface area contributed by atoms with Crippen LogP contribution in [0, 0.1) is 17.7 Å². The molecule has 5 rings (SSSR count). The summed E-state index contributed by atoms with van der Waals surface area (Å²) >= 11 is 0. The molecule has 2 amide bonds. The molecule has 40 heavy (non-hydrogen) atoms. The van der Waals surface area contributed by atoms with Gasteiger partial charge >= 0.3 is 0 Å². The number of anilines is 2. The topological polar surface area (TPSA) is 119 Å². The van der Waals surface area contributed by atoms with Crippen molar-refractivity contribution in [2.75, 3.05) is 17.6 Å². The number of hydrogen-bond donors (Lipinski definition) is 2. The fraction of sp³-hybridized carbons (Fsp3) is 0.300. The molecule has 1 aromatic carbocycles. The number of hydrogen-bond acceptors (Lipinski definition) is 6. The summed E-state index contributed by atoms with van der Waals surface area (Å²) in [5.41, 5.74) is 8.55. The Kier molecular flexibility index (Phi) is 7.73. The fourth-order valence-electron chi connectivity index (χ4n) is 5.16. The van der Waals surface area contributed by atoms with Gasteiger partial charge in [0.05, 0.1) is 11.6 Å². The summed E-state index contributed by atoms with van der Waals surface area (Å²) in [6.45, 7) is 4.26. The number of nitrogens with two attached hydrogens (primary N) is 1. The summed E-state index contributed by atoms with van der Waals surface area (Å²) in [4.78, 5) is 40.7. The molecule has 0 radical (unpaired) electrons. The molecule has 9 nitrogen and oxygen atoms in total. The lowest BCUT2D eigenvalue weighted by atomic mass is 10.0. The van der Waals surface area contributed by atoms with Gasteiger partial charge in [0, 0.05) is 30.7 Å². The van der Waals surface area contributed by atoms with E-state index in [4.69, 9.17) is 10.7 Å². The highest BCUT2D eigenvalue weighted by Gasteiger charge is 2.32. The first-order chi connectivity index (χ1) is 19.4. The maximum atomic E-state index is 15.4. The van der Waals surface area contributed by atoms with Crippen molar-refractivity contribution in [3.05, 3.63) is 71.7 Å². The fourth-order valence-corrected chi connectivity index (χ4v) is 5.16. The van der Waals surface area contributed by atoms with E-state index in [-0.39, 0.29) is 23.3 Å². The summed E-state index contributed by atoms with van der Waals surface area (Å²) < 4.78 is 17.2. The van der Waals surface area contributed by atoms with Gasteiger partial charge in [-0.25, -0.2) is 19.3 Å². The SMILES string of the molecule is CC#CC(=O)N1CCCCC1c1nc(-c2ccc(C(=O)Nc3cc(CCC)ccn3)c(F)c2)c2c(N)nccn12. The van der Waals surface area contributed by atoms with Gasteiger partial charge in [-0.3, -0.25) is 14.0 Å². The van der Waals surface area contributed by atoms with Crippen LogP contribution in [0.2, 0.25) is 0 Å². The van der Waals surface area contributed by atoms with Crippen LogP contribution in [0.15, 0.2) is 48.9 Å². The molecule has 3 N–H and O–H groups in total. The summed E-state index contributed by atoms with van der Waals surface area (Å²) in [6, 6.07) is 7.66. The van der Waals surface area contributed by atoms with Crippen molar-refractivity contribution in [1.82, 2.24) is 24.3 Å². The molecule has 10 heteroatoms. The summed E-state index contributed by atoms with van der Waals surface area (Å²) in [7, 11) is 0. The molecule has 1 aliphatic rings. The maximum Gasteiger partial charge on any atom is 0.299 e. The van der Waals surface area contributed by atoms with Crippen LogP contribution in [0.1, 0.15) is 67.3 Å². The van der Waals surface area contributed by atoms with Crippen LogP contribution < -0.4 is 11.1 Å². The Balaban J connectivity index is 1.50. The predicted octanol–water partition coefficient (Wildman–Crippen LogP) is 4.79. The number of nitrogen functional groups attached to an aromatic ring is 1. The third-order valence-corrected chi connectivity index (χ3v) is 7.00. The average Bonchev–Trinajstić information content (AvgIpc) is 3.34. The number of rotatable bonds is 6. The Morgan fingerprint density at radius 2 is 2.02 bits per heavy atom. The first-order valence-electron chi connectivity index (χ1n) is 13.3. The molecule has 4 aromatic rings. The lowest BCUT2D eigenvalue weighted by Crippen LogP contribution is -2.38. The normalized spacial score (nSPS) is 15.0. The Morgan fingerprint density at radius 3 is 2.80 bits per heavy atom. The van der Waals surface area contributed by atoms with E-state index in [0.717, 1.165) is 31.2 Å². The van der Waals surface area contributed by atoms with Gasteiger partial charge in [0.25, 0.3) is 11.8 Å². The van der Waals surface area contributed by atoms with Crippen molar-refractivity contribution in [3.8, 4) is 23.1 Å². The number of nitrogens with zero attached hydrogens (tertiary/aromatic N) is 5. The average molecular weight is 540 g/mol. The number of aromatic nitrogens is 4. The van der Waals surface area contributed by atoms with Gasteiger partial charge in [-0.15, -0.1) is 0 Å². The smallest absolute Gasteiger partial charge is 0.299 e. The third kappa shape index (κ3) is 5.23. The second-order valence-corrected chi connectivity index (χ2v) is 9.68. The number of likely N-dealkylation sites (tertiary alicyclic amines) is 1. The van der Waals surface area contributed by atoms with Crippen molar-refractivity contribution in [3.63, 3.8) is 0 Å². The highest BCUT2D eigenvalue weighted by molar-refractivity contribution is 6.04. The van der Waals surface area contributed by atoms with Crippen molar-refractivity contribution < 1.29 is 14.0 Å². The molecular weight excluding hydrogens is 509 g/mol. The highest BCUT2D eigenvalue weighted by atomic mass is 19.1. The number of amides is 2. The number of pyridine rings is 1. The van der Waals surface area contributed by atoms with Crippen molar-refractivity contribution in [2.45, 2.75) is 52.0 Å². The number of carbonyl (C=O) groups excluding carboxylic acids is 2. The number of carbonyl (C=O) groups is 2. The van der Waals surface area contributed by atoms with Crippen LogP contribution in [0.3, 0.4) is 0 Å². The van der Waals surface area contributed by atoms with Gasteiger partial charge < -0.3 is 16.0 Å². The van der Waals surface area contributed by atoms with Gasteiger partial charge in [-0.05, 0) is 68.4 Å². The van der Waals surface area contributed by atoms with E-state index >= 15 is 4.39 Å². The number of aryl methyl sites for hydroxylation is 1. The second kappa shape index (κ2) is 11.5. The number of benzene rings is 1. The van der Waals surface area contributed by atoms with E-state index in [1.54, 1.807) is 46.9 Å². The summed E-state index contributed by atoms with van der Waals surface area (Å²) in [5.74, 6) is 4.93. The molecule has 1 saturated heterocycles. The zero-order valence-corrected chi connectivity index (χ0v) is 22.4. The van der Waals surface area contributed by atoms with E-state index < -0.39 is 11.7 Å². The predicted molar refractivity (Wildman–Crippen MR) is 151 cm³/mol. The van der Waals surface area contributed by atoms with Crippen LogP contribution in [-0.4, -0.2) is 42.6 Å². The molecule has 0 spiro atoms. The van der Waals surface area contributed by atoms with Crippen LogP contribution in [0.25, 0.3) is 16.8 Å². The molecule has 0 saturated carbocycles. The van der Waals surface area contributed by atoms with Gasteiger partial charge in [-0.2, -0.15) is 0 Å². The van der Waals surface area contributed by atoms with Crippen molar-refractivity contribution in [2.24, 2.45) is 0 Å². The monoisotopic (exact) mass is 539 g/mol. The molecule has 0 aliphatic carbocycles. The van der Waals surface area contributed by atoms with E-state index in [9.17, 15) is 9.59 Å². The minimum absolute atomic E-state index is 0.122. The lowest BCUT2D eigenvalue weighted by molar-refractivity contribution is -0.129. The van der Waals surface area contributed by atoms with Crippen LogP contribution in [0.5, 0.6) is 0 Å². The molecule has 1 atom stereocenters. The number of piperidine rings is 1. The molecule has 1 unspecified atom stereocenters. The molecule has 4 heterocycles. The van der Waals surface area contributed by atoms with E-state index in [1.165, 1.54) is 12.1 Å². The Morgan fingerprint density at radius 1 is 1.18 bits per heavy atom. The molecule has 3 aromatic heterocycles. The van der Waals surface area contributed by atoms with Crippen molar-refractivity contribution in [1.29, 1.82) is 0 Å². The standard InChI is InChI=1S/C30H30FN7O2/c1-3-7-19-12-13-33-24(17-19)35-30(40)21-11-10-20(18-22(21)31)26-27-28(32)34-14-16-38(27)29(36-26)23-9-5-6-15-37(23)25(39)8-4-2/h10-14,16-18,23H,3,5-7,9,15H2,1-2H3,(H2,32,34)(H,33,35,40). The minimum Gasteiger partial charge on any atom is -0.382 e. The van der Waals surface area contributed by atoms with E-state index in [1.807, 2.05) is 6.07 Å². The van der Waals surface area contributed by atoms with Gasteiger partial charge in [0.15, 0.2) is 0 Å². The van der Waals surface area contributed by atoms with Crippen LogP contribution >= 0.6 is 0 Å². The Labute approximate surface area is 231 Å². The Bertz CT molecular complexity index is 1650. The minimum atomic E-state index is -0.711. The number of fused-ring (bicyclic) bond motifs is 1. The van der Waals surface area contributed by atoms with Gasteiger partial charge in [0.2, 0.25) is 0 Å². The molecule has 1 fully saturated rings. The molecule has 0 bridgehead atoms. The molecular formula is C30H30FN7O2. The highest BCUT2D eigenvalue weighted by Crippen LogP contribution is 2.36. The summed E-state index contributed by atoms with van der Waals surface area (Å²) in [5, 5.41) is 2.68. The van der Waals surface area contributed by atoms with E-state index in [2.05, 4.69) is 34.0 Å². The first-order valence-corrected chi connectivity index (χ1v) is 13.3. The Hall–Kier alpha value is -4.78. The summed E-state index contributed by atoms with van der Waals surface area (Å²) in [6.07, 6.45) is 9.24. The number of nitrogens with one attached hydrogen (secondary N) is 1. The molecule has 204 valence electrons. The van der Waals surface area contributed by atoms with Gasteiger partial charge in [0.1, 0.15) is 34.5 Å². The quantitative estimate of drug-likeness (QED) is 0.340. The number of imidazole rings is 1. The first kappa shape index (κ1) is 26.8. The second-order valence-electron chi connectivity index (χ2n) is 9.68. The zero-order chi connectivity index (χ0) is 28.2. The van der Waals surface area contributed by atoms with Crippen LogP contribution in [-0.2, 0) is 11.2 Å². The zero-order valence-electron chi connectivity index (χ0n) is 22.4. The lowest BCUT2D eigenvalue weighted by Gasteiger charge is -2.33. The molecule has 1 aliphatic heterocycles.